The SMILES string of the molecule is CC(C)(C)OC(=O)N[C@@H]1CCCN(C(=O)COc2cccc(Br)c2)C1. The first-order valence-electron chi connectivity index (χ1n) is 8.38. The number of benzene rings is 1. The number of nitrogens with zero attached hydrogens (tertiary/aromatic N) is 1. The molecule has 25 heavy (non-hydrogen) atoms. The van der Waals surface area contributed by atoms with Crippen molar-refractivity contribution in [2.24, 2.45) is 0 Å². The summed E-state index contributed by atoms with van der Waals surface area (Å²) < 4.78 is 11.7. The van der Waals surface area contributed by atoms with Crippen LogP contribution < -0.4 is 10.1 Å². The van der Waals surface area contributed by atoms with Crippen molar-refractivity contribution in [1.82, 2.24) is 10.2 Å². The molecule has 0 aromatic heterocycles. The van der Waals surface area contributed by atoms with Crippen LogP contribution in [-0.2, 0) is 9.53 Å². The highest BCUT2D eigenvalue weighted by Gasteiger charge is 2.26. The number of halogens is 1. The van der Waals surface area contributed by atoms with Gasteiger partial charge in [-0.25, -0.2) is 4.79 Å². The van der Waals surface area contributed by atoms with Crippen molar-refractivity contribution in [2.75, 3.05) is 19.7 Å². The van der Waals surface area contributed by atoms with E-state index in [9.17, 15) is 9.59 Å². The number of hydrogen-bond donors (Lipinski definition) is 1. The molecule has 2 rings (SSSR count). The lowest BCUT2D eigenvalue weighted by Crippen LogP contribution is -2.51. The summed E-state index contributed by atoms with van der Waals surface area (Å²) in [6.07, 6.45) is 1.22. The molecular weight excluding hydrogens is 388 g/mol. The summed E-state index contributed by atoms with van der Waals surface area (Å²) >= 11 is 3.37. The third kappa shape index (κ3) is 6.94. The molecule has 1 fully saturated rings. The second kappa shape index (κ2) is 8.56. The number of hydrogen-bond acceptors (Lipinski definition) is 4. The highest BCUT2D eigenvalue weighted by atomic mass is 79.9. The first-order valence-corrected chi connectivity index (χ1v) is 9.18. The quantitative estimate of drug-likeness (QED) is 0.822. The minimum Gasteiger partial charge on any atom is -0.484 e. The van der Waals surface area contributed by atoms with Gasteiger partial charge in [0.1, 0.15) is 11.4 Å². The Hall–Kier alpha value is -1.76. The molecule has 0 radical (unpaired) electrons. The van der Waals surface area contributed by atoms with Crippen molar-refractivity contribution in [1.29, 1.82) is 0 Å². The van der Waals surface area contributed by atoms with Crippen molar-refractivity contribution in [3.8, 4) is 5.75 Å². The van der Waals surface area contributed by atoms with E-state index < -0.39 is 11.7 Å². The Balaban J connectivity index is 1.81. The smallest absolute Gasteiger partial charge is 0.407 e. The molecule has 1 atom stereocenters. The summed E-state index contributed by atoms with van der Waals surface area (Å²) in [6, 6.07) is 7.27. The van der Waals surface area contributed by atoms with E-state index >= 15 is 0 Å². The van der Waals surface area contributed by atoms with Gasteiger partial charge in [-0.3, -0.25) is 4.79 Å². The van der Waals surface area contributed by atoms with Crippen LogP contribution in [0.5, 0.6) is 5.75 Å². The van der Waals surface area contributed by atoms with Crippen LogP contribution in [-0.4, -0.2) is 48.2 Å². The highest BCUT2D eigenvalue weighted by Crippen LogP contribution is 2.18. The van der Waals surface area contributed by atoms with Crippen molar-refractivity contribution in [3.05, 3.63) is 28.7 Å². The predicted octanol–water partition coefficient (Wildman–Crippen LogP) is 3.34. The molecule has 1 aromatic carbocycles. The van der Waals surface area contributed by atoms with E-state index in [0.29, 0.717) is 18.8 Å². The first-order chi connectivity index (χ1) is 11.7. The fourth-order valence-corrected chi connectivity index (χ4v) is 2.97. The van der Waals surface area contributed by atoms with Gasteiger partial charge < -0.3 is 19.7 Å². The molecule has 0 saturated carbocycles. The Morgan fingerprint density at radius 2 is 2.12 bits per heavy atom. The lowest BCUT2D eigenvalue weighted by atomic mass is 10.1. The molecule has 1 aromatic rings. The number of rotatable bonds is 4. The van der Waals surface area contributed by atoms with Gasteiger partial charge in [0.05, 0.1) is 0 Å². The van der Waals surface area contributed by atoms with Gasteiger partial charge in [0.15, 0.2) is 6.61 Å². The van der Waals surface area contributed by atoms with Gasteiger partial charge in [0, 0.05) is 23.6 Å². The summed E-state index contributed by atoms with van der Waals surface area (Å²) in [4.78, 5) is 26.0. The van der Waals surface area contributed by atoms with Crippen LogP contribution in [0.15, 0.2) is 28.7 Å². The highest BCUT2D eigenvalue weighted by molar-refractivity contribution is 9.10. The van der Waals surface area contributed by atoms with E-state index in [-0.39, 0.29) is 18.6 Å². The first kappa shape index (κ1) is 19.6. The minimum atomic E-state index is -0.536. The van der Waals surface area contributed by atoms with Crippen LogP contribution in [0.2, 0.25) is 0 Å². The zero-order chi connectivity index (χ0) is 18.4. The number of carbonyl (C=O) groups excluding carboxylic acids is 2. The van der Waals surface area contributed by atoms with E-state index in [4.69, 9.17) is 9.47 Å². The van der Waals surface area contributed by atoms with Gasteiger partial charge in [-0.2, -0.15) is 0 Å². The van der Waals surface area contributed by atoms with Gasteiger partial charge in [0.25, 0.3) is 5.91 Å². The number of carbonyl (C=O) groups is 2. The van der Waals surface area contributed by atoms with Crippen LogP contribution in [0.1, 0.15) is 33.6 Å². The summed E-state index contributed by atoms with van der Waals surface area (Å²) in [5, 5.41) is 2.84. The molecule has 0 spiro atoms. The van der Waals surface area contributed by atoms with Crippen LogP contribution in [0.25, 0.3) is 0 Å². The monoisotopic (exact) mass is 412 g/mol. The molecule has 1 aliphatic rings. The van der Waals surface area contributed by atoms with E-state index in [1.54, 1.807) is 11.0 Å². The molecule has 0 bridgehead atoms. The molecule has 1 N–H and O–H groups in total. The number of nitrogens with one attached hydrogen (secondary N) is 1. The molecule has 6 nitrogen and oxygen atoms in total. The molecule has 0 aliphatic carbocycles. The van der Waals surface area contributed by atoms with Gasteiger partial charge in [0.2, 0.25) is 0 Å². The topological polar surface area (TPSA) is 67.9 Å². The van der Waals surface area contributed by atoms with E-state index in [0.717, 1.165) is 17.3 Å². The maximum Gasteiger partial charge on any atom is 0.407 e. The number of amides is 2. The summed E-state index contributed by atoms with van der Waals surface area (Å²) in [5.74, 6) is 0.554. The molecule has 1 heterocycles. The maximum absolute atomic E-state index is 12.4. The summed E-state index contributed by atoms with van der Waals surface area (Å²) in [5.41, 5.74) is -0.536. The number of ether oxygens (including phenoxy) is 2. The summed E-state index contributed by atoms with van der Waals surface area (Å²) in [7, 11) is 0. The van der Waals surface area contributed by atoms with Gasteiger partial charge in [-0.05, 0) is 51.8 Å². The molecule has 1 saturated heterocycles. The normalized spacial score (nSPS) is 17.8. The molecule has 2 amide bonds. The Morgan fingerprint density at radius 3 is 2.80 bits per heavy atom. The summed E-state index contributed by atoms with van der Waals surface area (Å²) in [6.45, 7) is 6.59. The van der Waals surface area contributed by atoms with Crippen molar-refractivity contribution in [2.45, 2.75) is 45.3 Å². The third-order valence-electron chi connectivity index (χ3n) is 3.65. The Bertz CT molecular complexity index is 615. The molecule has 138 valence electrons. The third-order valence-corrected chi connectivity index (χ3v) is 4.15. The Kier molecular flexibility index (Phi) is 6.70. The number of piperidine rings is 1. The lowest BCUT2D eigenvalue weighted by Gasteiger charge is -2.33. The largest absolute Gasteiger partial charge is 0.484 e. The number of likely N-dealkylation sites (tertiary alicyclic amines) is 1. The second-order valence-electron chi connectivity index (χ2n) is 7.07. The van der Waals surface area contributed by atoms with Crippen molar-refractivity contribution < 1.29 is 19.1 Å². The number of alkyl carbamates (subject to hydrolysis) is 1. The van der Waals surface area contributed by atoms with Crippen LogP contribution in [0.3, 0.4) is 0 Å². The maximum atomic E-state index is 12.4. The van der Waals surface area contributed by atoms with Gasteiger partial charge >= 0.3 is 6.09 Å². The molecular formula is C18H25BrN2O4. The van der Waals surface area contributed by atoms with Crippen LogP contribution >= 0.6 is 15.9 Å². The molecule has 7 heteroatoms. The van der Waals surface area contributed by atoms with E-state index in [1.807, 2.05) is 39.0 Å². The van der Waals surface area contributed by atoms with E-state index in [1.165, 1.54) is 0 Å². The standard InChI is InChI=1S/C18H25BrN2O4/c1-18(2,3)25-17(23)20-14-7-5-9-21(11-14)16(22)12-24-15-8-4-6-13(19)10-15/h4,6,8,10,14H,5,7,9,11-12H2,1-3H3,(H,20,23)/t14-/m1/s1. The fourth-order valence-electron chi connectivity index (χ4n) is 2.59. The fraction of sp³-hybridized carbons (Fsp3) is 0.556. The van der Waals surface area contributed by atoms with Crippen LogP contribution in [0.4, 0.5) is 4.79 Å². The van der Waals surface area contributed by atoms with Crippen LogP contribution in [0, 0.1) is 0 Å². The molecule has 1 aliphatic heterocycles. The van der Waals surface area contributed by atoms with Gasteiger partial charge in [-0.15, -0.1) is 0 Å². The van der Waals surface area contributed by atoms with Gasteiger partial charge in [-0.1, -0.05) is 22.0 Å². The van der Waals surface area contributed by atoms with Crippen molar-refractivity contribution >= 4 is 27.9 Å². The molecule has 0 unspecified atom stereocenters. The Labute approximate surface area is 157 Å². The average molecular weight is 413 g/mol. The van der Waals surface area contributed by atoms with Crippen molar-refractivity contribution in [3.63, 3.8) is 0 Å². The minimum absolute atomic E-state index is 0.0182. The zero-order valence-electron chi connectivity index (χ0n) is 14.9. The predicted molar refractivity (Wildman–Crippen MR) is 98.6 cm³/mol. The van der Waals surface area contributed by atoms with E-state index in [2.05, 4.69) is 21.2 Å². The Morgan fingerprint density at radius 1 is 1.36 bits per heavy atom. The lowest BCUT2D eigenvalue weighted by molar-refractivity contribution is -0.134. The zero-order valence-corrected chi connectivity index (χ0v) is 16.5. The average Bonchev–Trinajstić information content (AvgIpc) is 2.51. The second-order valence-corrected chi connectivity index (χ2v) is 7.99.